The van der Waals surface area contributed by atoms with Crippen molar-refractivity contribution in [3.63, 3.8) is 0 Å². The number of carbonyl (C=O) groups is 4. The van der Waals surface area contributed by atoms with Crippen LogP contribution >= 0.6 is 0 Å². The molecule has 0 heterocycles. The van der Waals surface area contributed by atoms with Gasteiger partial charge in [-0.05, 0) is 84.3 Å². The van der Waals surface area contributed by atoms with Crippen molar-refractivity contribution in [3.8, 4) is 11.5 Å². The van der Waals surface area contributed by atoms with Gasteiger partial charge in [0.25, 0.3) is 17.7 Å². The lowest BCUT2D eigenvalue weighted by Crippen LogP contribution is -2.51. The Balaban J connectivity index is 1.22. The Kier molecular flexibility index (Phi) is 10.9. The highest BCUT2D eigenvalue weighted by Gasteiger charge is 2.62. The van der Waals surface area contributed by atoms with Gasteiger partial charge in [0.15, 0.2) is 0 Å². The van der Waals surface area contributed by atoms with Crippen LogP contribution in [0.15, 0.2) is 133 Å². The second-order valence-corrected chi connectivity index (χ2v) is 13.0. The van der Waals surface area contributed by atoms with Gasteiger partial charge in [-0.1, -0.05) is 66.7 Å². The quantitative estimate of drug-likeness (QED) is 0.154. The van der Waals surface area contributed by atoms with Crippen LogP contribution in [0.1, 0.15) is 44.2 Å². The summed E-state index contributed by atoms with van der Waals surface area (Å²) in [4.78, 5) is 58.9. The molecule has 0 saturated heterocycles. The zero-order valence-electron chi connectivity index (χ0n) is 30.1. The summed E-state index contributed by atoms with van der Waals surface area (Å²) in [5, 5.41) is 5.96. The summed E-state index contributed by atoms with van der Waals surface area (Å²) in [6.07, 6.45) is 0.659. The highest BCUT2D eigenvalue weighted by molar-refractivity contribution is 6.09. The highest BCUT2D eigenvalue weighted by atomic mass is 16.5. The number of nitrogens with zero attached hydrogens (tertiary/aromatic N) is 2. The van der Waals surface area contributed by atoms with Gasteiger partial charge in [0, 0.05) is 48.9 Å². The molecule has 1 fully saturated rings. The number of hydrogen-bond acceptors (Lipinski definition) is 6. The van der Waals surface area contributed by atoms with Crippen molar-refractivity contribution in [3.05, 3.63) is 156 Å². The Hall–Kier alpha value is -6.42. The third kappa shape index (κ3) is 8.07. The Bertz CT molecular complexity index is 2070. The van der Waals surface area contributed by atoms with Crippen molar-refractivity contribution in [2.75, 3.05) is 38.1 Å². The van der Waals surface area contributed by atoms with Gasteiger partial charge in [-0.2, -0.15) is 0 Å². The fourth-order valence-electron chi connectivity index (χ4n) is 6.54. The smallest absolute Gasteiger partial charge is 0.253 e. The molecule has 53 heavy (non-hydrogen) atoms. The van der Waals surface area contributed by atoms with Crippen LogP contribution in [0.4, 0.5) is 11.4 Å². The highest BCUT2D eigenvalue weighted by Crippen LogP contribution is 2.53. The number of hydrogen-bond donors (Lipinski definition) is 2. The molecule has 10 nitrogen and oxygen atoms in total. The van der Waals surface area contributed by atoms with Crippen LogP contribution < -0.4 is 29.9 Å². The molecular formula is C43H42N4O6. The number of nitrogens with one attached hydrogen (secondary N) is 2. The zero-order chi connectivity index (χ0) is 37.5. The van der Waals surface area contributed by atoms with Crippen LogP contribution in [0.25, 0.3) is 0 Å². The summed E-state index contributed by atoms with van der Waals surface area (Å²) in [5.41, 5.74) is 2.29. The fraction of sp³-hybridized carbons (Fsp3) is 0.209. The number of amides is 4. The van der Waals surface area contributed by atoms with Crippen molar-refractivity contribution in [1.29, 1.82) is 0 Å². The minimum atomic E-state index is -1.20. The Labute approximate surface area is 309 Å². The molecule has 5 aromatic carbocycles. The lowest BCUT2D eigenvalue weighted by Gasteiger charge is -2.26. The van der Waals surface area contributed by atoms with E-state index in [0.29, 0.717) is 29.3 Å². The van der Waals surface area contributed by atoms with Crippen LogP contribution in [0.5, 0.6) is 11.5 Å². The number of benzene rings is 5. The number of likely N-dealkylation sites (N-methyl/N-ethyl adjacent to an activating group) is 2. The first kappa shape index (κ1) is 36.4. The molecule has 3 atom stereocenters. The van der Waals surface area contributed by atoms with E-state index in [9.17, 15) is 19.2 Å². The minimum absolute atomic E-state index is 0.196. The monoisotopic (exact) mass is 710 g/mol. The first-order valence-corrected chi connectivity index (χ1v) is 17.3. The van der Waals surface area contributed by atoms with Crippen LogP contribution in [-0.2, 0) is 16.0 Å². The van der Waals surface area contributed by atoms with E-state index >= 15 is 0 Å². The van der Waals surface area contributed by atoms with Crippen molar-refractivity contribution in [2.24, 2.45) is 0 Å². The minimum Gasteiger partial charge on any atom is -0.497 e. The SMILES string of the molecule is COc1ccc(N(C)C(=O)[C@H](Cc2ccccc2)NC(=O)c2cccc(C(=O)N[C@]3(C(=O)N(C)c4ccc(OC)cc4)CC3c3ccccc3)c2)cc1. The molecule has 1 saturated carbocycles. The van der Waals surface area contributed by atoms with E-state index in [1.807, 2.05) is 60.7 Å². The Morgan fingerprint density at radius 2 is 1.21 bits per heavy atom. The van der Waals surface area contributed by atoms with E-state index in [1.54, 1.807) is 99.9 Å². The Morgan fingerprint density at radius 1 is 0.679 bits per heavy atom. The molecule has 0 aromatic heterocycles. The lowest BCUT2D eigenvalue weighted by atomic mass is 10.0. The first-order chi connectivity index (χ1) is 25.6. The van der Waals surface area contributed by atoms with Gasteiger partial charge < -0.3 is 29.9 Å². The third-order valence-corrected chi connectivity index (χ3v) is 9.71. The molecule has 0 bridgehead atoms. The standard InChI is InChI=1S/C43H42N4O6/c1-46(33-18-22-35(52-3)23-19-33)41(50)38(26-29-12-7-5-8-13-29)44-39(48)31-16-11-17-32(27-31)40(49)45-43(28-37(43)30-14-9-6-10-15-30)42(51)47(2)34-20-24-36(53-4)25-21-34/h5-25,27,37-38H,26,28H2,1-4H3,(H,44,48)(H,45,49)/t37?,38-,43+/m0/s1. The van der Waals surface area contributed by atoms with E-state index < -0.39 is 23.4 Å². The Morgan fingerprint density at radius 3 is 1.77 bits per heavy atom. The van der Waals surface area contributed by atoms with Gasteiger partial charge in [0.05, 0.1) is 14.2 Å². The van der Waals surface area contributed by atoms with E-state index in [-0.39, 0.29) is 35.3 Å². The van der Waals surface area contributed by atoms with E-state index in [0.717, 1.165) is 11.1 Å². The summed E-state index contributed by atoms with van der Waals surface area (Å²) < 4.78 is 10.5. The van der Waals surface area contributed by atoms with Gasteiger partial charge >= 0.3 is 0 Å². The summed E-state index contributed by atoms with van der Waals surface area (Å²) in [6, 6.07) is 38.6. The summed E-state index contributed by atoms with van der Waals surface area (Å²) >= 11 is 0. The number of anilines is 2. The molecule has 1 unspecified atom stereocenters. The normalized spacial score (nSPS) is 16.4. The van der Waals surface area contributed by atoms with Gasteiger partial charge in [-0.15, -0.1) is 0 Å². The average molecular weight is 711 g/mol. The molecule has 5 aromatic rings. The summed E-state index contributed by atoms with van der Waals surface area (Å²) in [5.74, 6) is -0.522. The molecule has 6 rings (SSSR count). The second-order valence-electron chi connectivity index (χ2n) is 13.0. The maximum Gasteiger partial charge on any atom is 0.253 e. The lowest BCUT2D eigenvalue weighted by molar-refractivity contribution is -0.121. The molecule has 270 valence electrons. The number of rotatable bonds is 13. The molecule has 10 heteroatoms. The number of ether oxygens (including phenoxy) is 2. The van der Waals surface area contributed by atoms with Crippen molar-refractivity contribution in [1.82, 2.24) is 10.6 Å². The van der Waals surface area contributed by atoms with Crippen molar-refractivity contribution in [2.45, 2.75) is 30.3 Å². The van der Waals surface area contributed by atoms with Gasteiger partial charge in [0.2, 0.25) is 5.91 Å². The molecule has 0 spiro atoms. The molecular weight excluding hydrogens is 668 g/mol. The number of methoxy groups -OCH3 is 2. The predicted octanol–water partition coefficient (Wildman–Crippen LogP) is 6.03. The second kappa shape index (κ2) is 15.9. The third-order valence-electron chi connectivity index (χ3n) is 9.71. The van der Waals surface area contributed by atoms with Crippen LogP contribution in [0.2, 0.25) is 0 Å². The van der Waals surface area contributed by atoms with Crippen molar-refractivity contribution < 1.29 is 28.7 Å². The van der Waals surface area contributed by atoms with Crippen LogP contribution in [0, 0.1) is 0 Å². The average Bonchev–Trinajstić information content (AvgIpc) is 3.95. The largest absolute Gasteiger partial charge is 0.497 e. The summed E-state index contributed by atoms with van der Waals surface area (Å²) in [7, 11) is 6.49. The molecule has 1 aliphatic carbocycles. The van der Waals surface area contributed by atoms with Crippen molar-refractivity contribution >= 4 is 35.0 Å². The van der Waals surface area contributed by atoms with Gasteiger partial charge in [0.1, 0.15) is 23.1 Å². The topological polar surface area (TPSA) is 117 Å². The molecule has 0 radical (unpaired) electrons. The summed E-state index contributed by atoms with van der Waals surface area (Å²) in [6.45, 7) is 0. The van der Waals surface area contributed by atoms with Crippen LogP contribution in [-0.4, -0.2) is 63.5 Å². The maximum absolute atomic E-state index is 14.2. The van der Waals surface area contributed by atoms with E-state index in [2.05, 4.69) is 10.6 Å². The predicted molar refractivity (Wildman–Crippen MR) is 205 cm³/mol. The number of carbonyl (C=O) groups excluding carboxylic acids is 4. The zero-order valence-corrected chi connectivity index (χ0v) is 30.1. The molecule has 0 aliphatic heterocycles. The van der Waals surface area contributed by atoms with Gasteiger partial charge in [-0.3, -0.25) is 19.2 Å². The van der Waals surface area contributed by atoms with Gasteiger partial charge in [-0.25, -0.2) is 0 Å². The van der Waals surface area contributed by atoms with E-state index in [1.165, 1.54) is 11.0 Å². The molecule has 1 aliphatic rings. The first-order valence-electron chi connectivity index (χ1n) is 17.3. The maximum atomic E-state index is 14.2. The molecule has 2 N–H and O–H groups in total. The van der Waals surface area contributed by atoms with E-state index in [4.69, 9.17) is 9.47 Å². The van der Waals surface area contributed by atoms with Crippen LogP contribution in [0.3, 0.4) is 0 Å². The fourth-order valence-corrected chi connectivity index (χ4v) is 6.54. The molecule has 4 amide bonds.